The van der Waals surface area contributed by atoms with Crippen LogP contribution < -0.4 is 15.8 Å². The number of rotatable bonds is 3. The molecule has 0 radical (unpaired) electrons. The molecule has 5 nitrogen and oxygen atoms in total. The average molecular weight is 250 g/mol. The highest BCUT2D eigenvalue weighted by molar-refractivity contribution is 5.42. The molecule has 100 valence electrons. The first-order valence-corrected chi connectivity index (χ1v) is 6.62. The SMILES string of the molecule is CC(C)N(C)c1cnn([C@@H]2CCCNC2)c(=O)c1. The summed E-state index contributed by atoms with van der Waals surface area (Å²) in [6.07, 6.45) is 3.92. The van der Waals surface area contributed by atoms with E-state index in [1.807, 2.05) is 7.05 Å². The van der Waals surface area contributed by atoms with Gasteiger partial charge in [-0.05, 0) is 33.2 Å². The third-order valence-corrected chi connectivity index (χ3v) is 3.61. The predicted octanol–water partition coefficient (Wildman–Crippen LogP) is 1.01. The topological polar surface area (TPSA) is 50.2 Å². The van der Waals surface area contributed by atoms with Gasteiger partial charge >= 0.3 is 0 Å². The molecule has 0 saturated carbocycles. The molecule has 0 spiro atoms. The van der Waals surface area contributed by atoms with Gasteiger partial charge in [0, 0.05) is 25.7 Å². The number of piperidine rings is 1. The lowest BCUT2D eigenvalue weighted by Crippen LogP contribution is -2.38. The van der Waals surface area contributed by atoms with Gasteiger partial charge in [0.1, 0.15) is 0 Å². The van der Waals surface area contributed by atoms with Crippen LogP contribution in [0.4, 0.5) is 5.69 Å². The maximum atomic E-state index is 12.1. The fourth-order valence-corrected chi connectivity index (χ4v) is 2.22. The zero-order valence-corrected chi connectivity index (χ0v) is 11.4. The lowest BCUT2D eigenvalue weighted by Gasteiger charge is -2.26. The van der Waals surface area contributed by atoms with Crippen molar-refractivity contribution in [2.24, 2.45) is 0 Å². The van der Waals surface area contributed by atoms with E-state index in [9.17, 15) is 4.79 Å². The van der Waals surface area contributed by atoms with E-state index in [1.54, 1.807) is 16.9 Å². The van der Waals surface area contributed by atoms with Crippen LogP contribution >= 0.6 is 0 Å². The van der Waals surface area contributed by atoms with E-state index in [0.717, 1.165) is 31.6 Å². The zero-order chi connectivity index (χ0) is 13.1. The Morgan fingerprint density at radius 3 is 2.89 bits per heavy atom. The van der Waals surface area contributed by atoms with Crippen molar-refractivity contribution in [3.63, 3.8) is 0 Å². The van der Waals surface area contributed by atoms with E-state index in [-0.39, 0.29) is 11.6 Å². The standard InChI is InChI=1S/C13H22N4O/c1-10(2)16(3)12-7-13(18)17(15-9-12)11-5-4-6-14-8-11/h7,9-11,14H,4-6,8H2,1-3H3/t11-/m1/s1. The lowest BCUT2D eigenvalue weighted by atomic mass is 10.1. The minimum absolute atomic E-state index is 0.00583. The summed E-state index contributed by atoms with van der Waals surface area (Å²) in [6.45, 7) is 6.07. The molecule has 2 rings (SSSR count). The van der Waals surface area contributed by atoms with E-state index in [4.69, 9.17) is 0 Å². The maximum absolute atomic E-state index is 12.1. The van der Waals surface area contributed by atoms with Gasteiger partial charge in [0.25, 0.3) is 5.56 Å². The van der Waals surface area contributed by atoms with E-state index in [0.29, 0.717) is 6.04 Å². The number of hydrogen-bond donors (Lipinski definition) is 1. The maximum Gasteiger partial charge on any atom is 0.269 e. The second-order valence-electron chi connectivity index (χ2n) is 5.20. The fraction of sp³-hybridized carbons (Fsp3) is 0.692. The lowest BCUT2D eigenvalue weighted by molar-refractivity contribution is 0.335. The summed E-state index contributed by atoms with van der Waals surface area (Å²) in [6, 6.07) is 2.24. The Hall–Kier alpha value is -1.36. The van der Waals surface area contributed by atoms with Crippen molar-refractivity contribution in [3.8, 4) is 0 Å². The van der Waals surface area contributed by atoms with Gasteiger partial charge < -0.3 is 10.2 Å². The summed E-state index contributed by atoms with van der Waals surface area (Å²) in [4.78, 5) is 14.2. The number of aromatic nitrogens is 2. The molecule has 0 aromatic carbocycles. The van der Waals surface area contributed by atoms with E-state index >= 15 is 0 Å². The summed E-state index contributed by atoms with van der Waals surface area (Å²) >= 11 is 0. The second-order valence-corrected chi connectivity index (χ2v) is 5.20. The van der Waals surface area contributed by atoms with Crippen molar-refractivity contribution in [2.45, 2.75) is 38.8 Å². The minimum atomic E-state index is -0.00583. The highest BCUT2D eigenvalue weighted by Crippen LogP contribution is 2.15. The highest BCUT2D eigenvalue weighted by Gasteiger charge is 2.17. The van der Waals surface area contributed by atoms with Crippen molar-refractivity contribution in [1.82, 2.24) is 15.1 Å². The van der Waals surface area contributed by atoms with Gasteiger partial charge in [0.2, 0.25) is 0 Å². The highest BCUT2D eigenvalue weighted by atomic mass is 16.1. The Morgan fingerprint density at radius 2 is 2.33 bits per heavy atom. The van der Waals surface area contributed by atoms with Crippen LogP contribution in [0, 0.1) is 0 Å². The van der Waals surface area contributed by atoms with Crippen LogP contribution in [0.25, 0.3) is 0 Å². The Labute approximate surface area is 108 Å². The molecule has 5 heteroatoms. The van der Waals surface area contributed by atoms with Crippen molar-refractivity contribution in [2.75, 3.05) is 25.0 Å². The molecule has 0 unspecified atom stereocenters. The van der Waals surface area contributed by atoms with Gasteiger partial charge in [-0.3, -0.25) is 4.79 Å². The molecule has 1 saturated heterocycles. The van der Waals surface area contributed by atoms with E-state index in [1.165, 1.54) is 0 Å². The van der Waals surface area contributed by atoms with Crippen molar-refractivity contribution >= 4 is 5.69 Å². The average Bonchev–Trinajstić information content (AvgIpc) is 2.38. The molecule has 1 aliphatic rings. The van der Waals surface area contributed by atoms with Gasteiger partial charge in [-0.1, -0.05) is 0 Å². The molecule has 1 fully saturated rings. The third-order valence-electron chi connectivity index (χ3n) is 3.61. The molecule has 18 heavy (non-hydrogen) atoms. The van der Waals surface area contributed by atoms with Crippen LogP contribution in [-0.2, 0) is 0 Å². The largest absolute Gasteiger partial charge is 0.371 e. The molecular formula is C13H22N4O. The molecule has 1 aromatic rings. The summed E-state index contributed by atoms with van der Waals surface area (Å²) in [7, 11) is 1.98. The van der Waals surface area contributed by atoms with Crippen LogP contribution in [-0.4, -0.2) is 36.0 Å². The van der Waals surface area contributed by atoms with Crippen LogP contribution in [0.5, 0.6) is 0 Å². The Kier molecular flexibility index (Phi) is 4.01. The van der Waals surface area contributed by atoms with Crippen molar-refractivity contribution < 1.29 is 0 Å². The molecule has 2 heterocycles. The first-order valence-electron chi connectivity index (χ1n) is 6.62. The summed E-state index contributed by atoms with van der Waals surface area (Å²) in [5.74, 6) is 0. The van der Waals surface area contributed by atoms with Crippen LogP contribution in [0.2, 0.25) is 0 Å². The first kappa shape index (κ1) is 13.1. The molecule has 0 amide bonds. The molecule has 0 bridgehead atoms. The number of nitrogens with one attached hydrogen (secondary N) is 1. The zero-order valence-electron chi connectivity index (χ0n) is 11.4. The van der Waals surface area contributed by atoms with Gasteiger partial charge in [-0.2, -0.15) is 5.10 Å². The fourth-order valence-electron chi connectivity index (χ4n) is 2.22. The van der Waals surface area contributed by atoms with Crippen molar-refractivity contribution in [1.29, 1.82) is 0 Å². The molecule has 1 atom stereocenters. The molecule has 0 aliphatic carbocycles. The first-order chi connectivity index (χ1) is 8.59. The normalized spacial score (nSPS) is 20.1. The van der Waals surface area contributed by atoms with Crippen LogP contribution in [0.3, 0.4) is 0 Å². The second kappa shape index (κ2) is 5.52. The van der Waals surface area contributed by atoms with Gasteiger partial charge in [-0.15, -0.1) is 0 Å². The van der Waals surface area contributed by atoms with Crippen LogP contribution in [0.15, 0.2) is 17.1 Å². The quantitative estimate of drug-likeness (QED) is 0.870. The third kappa shape index (κ3) is 2.72. The predicted molar refractivity (Wildman–Crippen MR) is 73.2 cm³/mol. The van der Waals surface area contributed by atoms with Crippen LogP contribution in [0.1, 0.15) is 32.7 Å². The van der Waals surface area contributed by atoms with Gasteiger partial charge in [0.15, 0.2) is 0 Å². The molecule has 1 N–H and O–H groups in total. The Bertz CT molecular complexity index is 449. The minimum Gasteiger partial charge on any atom is -0.371 e. The van der Waals surface area contributed by atoms with E-state index < -0.39 is 0 Å². The van der Waals surface area contributed by atoms with E-state index in [2.05, 4.69) is 29.2 Å². The number of hydrogen-bond acceptors (Lipinski definition) is 4. The molecule has 1 aliphatic heterocycles. The number of nitrogens with zero attached hydrogens (tertiary/aromatic N) is 3. The number of anilines is 1. The Morgan fingerprint density at radius 1 is 1.56 bits per heavy atom. The Balaban J connectivity index is 2.22. The summed E-state index contributed by atoms with van der Waals surface area (Å²) in [5, 5.41) is 7.63. The molecule has 1 aromatic heterocycles. The van der Waals surface area contributed by atoms with Crippen molar-refractivity contribution in [3.05, 3.63) is 22.6 Å². The summed E-state index contributed by atoms with van der Waals surface area (Å²) < 4.78 is 1.61. The monoisotopic (exact) mass is 250 g/mol. The van der Waals surface area contributed by atoms with Gasteiger partial charge in [0.05, 0.1) is 17.9 Å². The summed E-state index contributed by atoms with van der Waals surface area (Å²) in [5.41, 5.74) is 0.878. The van der Waals surface area contributed by atoms with Gasteiger partial charge in [-0.25, -0.2) is 4.68 Å². The smallest absolute Gasteiger partial charge is 0.269 e. The molecular weight excluding hydrogens is 228 g/mol.